The first-order chi connectivity index (χ1) is 10.2. The summed E-state index contributed by atoms with van der Waals surface area (Å²) in [6.07, 6.45) is 2.38. The molecule has 0 aliphatic carbocycles. The van der Waals surface area contributed by atoms with Gasteiger partial charge in [0.25, 0.3) is 0 Å². The summed E-state index contributed by atoms with van der Waals surface area (Å²) in [6.45, 7) is 0.391. The highest BCUT2D eigenvalue weighted by atomic mass is 127. The molecule has 2 rings (SSSR count). The van der Waals surface area contributed by atoms with Crippen LogP contribution in [-0.2, 0) is 12.8 Å². The minimum atomic E-state index is -0.486. The molecule has 0 aromatic heterocycles. The largest absolute Gasteiger partial charge is 0.329 e. The van der Waals surface area contributed by atoms with Crippen molar-refractivity contribution in [1.82, 2.24) is 0 Å². The Bertz CT molecular complexity index is 619. The highest BCUT2D eigenvalue weighted by molar-refractivity contribution is 14.1. The van der Waals surface area contributed by atoms with Crippen molar-refractivity contribution in [2.45, 2.75) is 19.3 Å². The Morgan fingerprint density at radius 2 is 1.71 bits per heavy atom. The van der Waals surface area contributed by atoms with Gasteiger partial charge in [0.05, 0.1) is 11.5 Å². The minimum absolute atomic E-state index is 0.391. The van der Waals surface area contributed by atoms with E-state index in [1.54, 1.807) is 0 Å². The molecule has 2 nitrogen and oxygen atoms in total. The molecule has 108 valence electrons. The predicted molar refractivity (Wildman–Crippen MR) is 94.7 cm³/mol. The molecule has 3 heteroatoms. The number of rotatable bonds is 6. The molecule has 0 amide bonds. The number of benzene rings is 2. The lowest BCUT2D eigenvalue weighted by atomic mass is 9.78. The summed E-state index contributed by atoms with van der Waals surface area (Å²) in [7, 11) is 0. The van der Waals surface area contributed by atoms with Crippen LogP contribution in [0.5, 0.6) is 0 Å². The van der Waals surface area contributed by atoms with Gasteiger partial charge in [0.2, 0.25) is 0 Å². The fourth-order valence-electron chi connectivity index (χ4n) is 2.47. The third kappa shape index (κ3) is 4.29. The summed E-state index contributed by atoms with van der Waals surface area (Å²) in [6, 6.07) is 20.9. The van der Waals surface area contributed by atoms with Crippen molar-refractivity contribution in [2.24, 2.45) is 11.1 Å². The normalized spacial score (nSPS) is 13.4. The van der Waals surface area contributed by atoms with Crippen LogP contribution in [0.4, 0.5) is 0 Å². The van der Waals surface area contributed by atoms with Crippen molar-refractivity contribution in [3.8, 4) is 6.07 Å². The lowest BCUT2D eigenvalue weighted by Gasteiger charge is -2.25. The van der Waals surface area contributed by atoms with E-state index in [0.717, 1.165) is 12.8 Å². The predicted octanol–water partition coefficient (Wildman–Crippen LogP) is 3.94. The second-order valence-electron chi connectivity index (χ2n) is 5.35. The molecule has 0 fully saturated rings. The number of hydrogen-bond donors (Lipinski definition) is 1. The van der Waals surface area contributed by atoms with Crippen molar-refractivity contribution in [2.75, 3.05) is 6.54 Å². The standard InChI is InChI=1S/C18H19IN2/c19-17-9-5-4-8-16(17)10-11-18(13-20,14-21)12-15-6-2-1-3-7-15/h1-9H,10-13,20H2/t18-/m0/s1. The van der Waals surface area contributed by atoms with Crippen LogP contribution in [0, 0.1) is 20.3 Å². The molecule has 2 aromatic carbocycles. The van der Waals surface area contributed by atoms with Gasteiger partial charge in [0.1, 0.15) is 0 Å². The van der Waals surface area contributed by atoms with Gasteiger partial charge >= 0.3 is 0 Å². The molecule has 0 saturated heterocycles. The van der Waals surface area contributed by atoms with E-state index in [2.05, 4.69) is 52.9 Å². The third-order valence-corrected chi connectivity index (χ3v) is 4.90. The van der Waals surface area contributed by atoms with E-state index in [-0.39, 0.29) is 0 Å². The van der Waals surface area contributed by atoms with E-state index >= 15 is 0 Å². The third-order valence-electron chi connectivity index (χ3n) is 3.84. The second kappa shape index (κ2) is 7.58. The van der Waals surface area contributed by atoms with Gasteiger partial charge in [0.15, 0.2) is 0 Å². The Kier molecular flexibility index (Phi) is 5.77. The van der Waals surface area contributed by atoms with Gasteiger partial charge in [-0.3, -0.25) is 0 Å². The van der Waals surface area contributed by atoms with Crippen molar-refractivity contribution < 1.29 is 0 Å². The Hall–Kier alpha value is -1.38. The zero-order valence-electron chi connectivity index (χ0n) is 11.9. The van der Waals surface area contributed by atoms with Gasteiger partial charge in [-0.2, -0.15) is 5.26 Å². The number of halogens is 1. The molecule has 2 N–H and O–H groups in total. The molecule has 0 aliphatic heterocycles. The number of hydrogen-bond acceptors (Lipinski definition) is 2. The fraction of sp³-hybridized carbons (Fsp3) is 0.278. The molecule has 0 radical (unpaired) electrons. The van der Waals surface area contributed by atoms with Gasteiger partial charge in [-0.1, -0.05) is 48.5 Å². The summed E-state index contributed by atoms with van der Waals surface area (Å²) in [5.74, 6) is 0. The maximum Gasteiger partial charge on any atom is 0.0739 e. The monoisotopic (exact) mass is 390 g/mol. The van der Waals surface area contributed by atoms with Crippen LogP contribution < -0.4 is 5.73 Å². The molecule has 0 spiro atoms. The maximum atomic E-state index is 9.65. The molecule has 1 atom stereocenters. The van der Waals surface area contributed by atoms with Gasteiger partial charge in [-0.05, 0) is 59.0 Å². The van der Waals surface area contributed by atoms with E-state index in [1.165, 1.54) is 14.7 Å². The molecule has 0 saturated carbocycles. The summed E-state index contributed by atoms with van der Waals surface area (Å²) >= 11 is 2.35. The van der Waals surface area contributed by atoms with Crippen LogP contribution >= 0.6 is 22.6 Å². The van der Waals surface area contributed by atoms with Crippen LogP contribution in [0.25, 0.3) is 0 Å². The van der Waals surface area contributed by atoms with Crippen LogP contribution in [0.2, 0.25) is 0 Å². The first kappa shape index (κ1) is 16.0. The molecule has 0 unspecified atom stereocenters. The first-order valence-electron chi connectivity index (χ1n) is 7.08. The van der Waals surface area contributed by atoms with E-state index in [1.807, 2.05) is 30.3 Å². The average molecular weight is 390 g/mol. The van der Waals surface area contributed by atoms with Crippen molar-refractivity contribution in [1.29, 1.82) is 5.26 Å². The topological polar surface area (TPSA) is 49.8 Å². The van der Waals surface area contributed by atoms with Crippen molar-refractivity contribution >= 4 is 22.6 Å². The highest BCUT2D eigenvalue weighted by Crippen LogP contribution is 2.28. The summed E-state index contributed by atoms with van der Waals surface area (Å²) in [5.41, 5.74) is 7.92. The molecule has 0 heterocycles. The van der Waals surface area contributed by atoms with Gasteiger partial charge < -0.3 is 5.73 Å². The SMILES string of the molecule is N#C[C@@](CN)(CCc1ccccc1I)Cc1ccccc1. The van der Waals surface area contributed by atoms with Crippen LogP contribution in [-0.4, -0.2) is 6.54 Å². The molecular formula is C18H19IN2. The number of aryl methyl sites for hydroxylation is 1. The minimum Gasteiger partial charge on any atom is -0.329 e. The number of nitriles is 1. The Morgan fingerprint density at radius 1 is 1.05 bits per heavy atom. The molecule has 21 heavy (non-hydrogen) atoms. The van der Waals surface area contributed by atoms with Gasteiger partial charge in [-0.25, -0.2) is 0 Å². The average Bonchev–Trinajstić information content (AvgIpc) is 2.54. The van der Waals surface area contributed by atoms with E-state index < -0.39 is 5.41 Å². The second-order valence-corrected chi connectivity index (χ2v) is 6.51. The molecular weight excluding hydrogens is 371 g/mol. The fourth-order valence-corrected chi connectivity index (χ4v) is 3.12. The van der Waals surface area contributed by atoms with E-state index in [4.69, 9.17) is 5.73 Å². The smallest absolute Gasteiger partial charge is 0.0739 e. The lowest BCUT2D eigenvalue weighted by Crippen LogP contribution is -2.32. The van der Waals surface area contributed by atoms with Crippen LogP contribution in [0.15, 0.2) is 54.6 Å². The quantitative estimate of drug-likeness (QED) is 0.760. The van der Waals surface area contributed by atoms with Crippen LogP contribution in [0.3, 0.4) is 0 Å². The summed E-state index contributed by atoms with van der Waals surface area (Å²) in [5, 5.41) is 9.65. The molecule has 0 bridgehead atoms. The van der Waals surface area contributed by atoms with Gasteiger partial charge in [0, 0.05) is 10.1 Å². The highest BCUT2D eigenvalue weighted by Gasteiger charge is 2.28. The number of nitrogens with two attached hydrogens (primary N) is 1. The van der Waals surface area contributed by atoms with Crippen molar-refractivity contribution in [3.63, 3.8) is 0 Å². The summed E-state index contributed by atoms with van der Waals surface area (Å²) in [4.78, 5) is 0. The number of nitrogens with zero attached hydrogens (tertiary/aromatic N) is 1. The van der Waals surface area contributed by atoms with E-state index in [0.29, 0.717) is 13.0 Å². The zero-order valence-corrected chi connectivity index (χ0v) is 14.1. The Morgan fingerprint density at radius 3 is 2.33 bits per heavy atom. The van der Waals surface area contributed by atoms with E-state index in [9.17, 15) is 5.26 Å². The molecule has 2 aromatic rings. The zero-order chi connectivity index (χ0) is 15.1. The van der Waals surface area contributed by atoms with Gasteiger partial charge in [-0.15, -0.1) is 0 Å². The van der Waals surface area contributed by atoms with Crippen molar-refractivity contribution in [3.05, 3.63) is 69.3 Å². The Balaban J connectivity index is 2.12. The van der Waals surface area contributed by atoms with Crippen LogP contribution in [0.1, 0.15) is 17.5 Å². The lowest BCUT2D eigenvalue weighted by molar-refractivity contribution is 0.372. The Labute approximate surface area is 140 Å². The summed E-state index contributed by atoms with van der Waals surface area (Å²) < 4.78 is 1.25. The molecule has 0 aliphatic rings. The maximum absolute atomic E-state index is 9.65. The first-order valence-corrected chi connectivity index (χ1v) is 8.16.